The largest absolute Gasteiger partial charge is 0.496 e. The highest BCUT2D eigenvalue weighted by Gasteiger charge is 2.10. The first-order valence-electron chi connectivity index (χ1n) is 5.76. The summed E-state index contributed by atoms with van der Waals surface area (Å²) in [6.07, 6.45) is 1.59. The highest BCUT2D eigenvalue weighted by Crippen LogP contribution is 2.18. The van der Waals surface area contributed by atoms with Crippen LogP contribution in [0, 0.1) is 0 Å². The fourth-order valence-electron chi connectivity index (χ4n) is 1.46. The Kier molecular flexibility index (Phi) is 5.74. The van der Waals surface area contributed by atoms with E-state index >= 15 is 0 Å². The van der Waals surface area contributed by atoms with Gasteiger partial charge in [0.25, 0.3) is 5.91 Å². The van der Waals surface area contributed by atoms with E-state index in [1.54, 1.807) is 6.07 Å². The number of amides is 1. The van der Waals surface area contributed by atoms with Crippen molar-refractivity contribution in [1.82, 2.24) is 15.6 Å². The van der Waals surface area contributed by atoms with E-state index in [0.717, 1.165) is 5.56 Å². The van der Waals surface area contributed by atoms with Crippen molar-refractivity contribution in [3.63, 3.8) is 0 Å². The lowest BCUT2D eigenvalue weighted by Crippen LogP contribution is -2.21. The minimum Gasteiger partial charge on any atom is -0.496 e. The van der Waals surface area contributed by atoms with Crippen LogP contribution in [0.5, 0.6) is 5.75 Å². The first kappa shape index (κ1) is 14.9. The van der Waals surface area contributed by atoms with Crippen LogP contribution in [-0.2, 0) is 11.3 Å². The number of rotatable bonds is 7. The summed E-state index contributed by atoms with van der Waals surface area (Å²) in [4.78, 5) is 25.8. The van der Waals surface area contributed by atoms with E-state index in [-0.39, 0.29) is 18.0 Å². The Hall–Kier alpha value is -2.15. The van der Waals surface area contributed by atoms with E-state index in [0.29, 0.717) is 18.8 Å². The Morgan fingerprint density at radius 2 is 2.21 bits per heavy atom. The van der Waals surface area contributed by atoms with E-state index in [1.165, 1.54) is 20.4 Å². The first-order chi connectivity index (χ1) is 9.08. The average Bonchev–Trinajstić information content (AvgIpc) is 2.42. The third-order valence-corrected chi connectivity index (χ3v) is 2.45. The van der Waals surface area contributed by atoms with Gasteiger partial charge in [0, 0.05) is 38.0 Å². The van der Waals surface area contributed by atoms with Crippen LogP contribution in [0.15, 0.2) is 12.3 Å². The quantitative estimate of drug-likeness (QED) is 0.602. The Balaban J connectivity index is 2.68. The van der Waals surface area contributed by atoms with Crippen LogP contribution in [0.3, 0.4) is 0 Å². The number of hydrogen-bond donors (Lipinski definition) is 3. The van der Waals surface area contributed by atoms with Gasteiger partial charge in [-0.2, -0.15) is 0 Å². The smallest absolute Gasteiger partial charge is 0.304 e. The summed E-state index contributed by atoms with van der Waals surface area (Å²) in [6.45, 7) is 0.785. The van der Waals surface area contributed by atoms with Gasteiger partial charge in [-0.15, -0.1) is 0 Å². The summed E-state index contributed by atoms with van der Waals surface area (Å²) in [5.74, 6) is -0.604. The van der Waals surface area contributed by atoms with Crippen LogP contribution >= 0.6 is 0 Å². The molecule has 3 N–H and O–H groups in total. The monoisotopic (exact) mass is 267 g/mol. The molecule has 0 spiro atoms. The second-order valence-corrected chi connectivity index (χ2v) is 3.78. The van der Waals surface area contributed by atoms with Crippen molar-refractivity contribution in [2.75, 3.05) is 20.7 Å². The predicted molar refractivity (Wildman–Crippen MR) is 68.1 cm³/mol. The second-order valence-electron chi connectivity index (χ2n) is 3.78. The molecule has 1 rings (SSSR count). The number of carbonyl (C=O) groups is 2. The Morgan fingerprint density at radius 3 is 2.79 bits per heavy atom. The van der Waals surface area contributed by atoms with E-state index in [1.807, 2.05) is 0 Å². The van der Waals surface area contributed by atoms with Crippen LogP contribution in [0.4, 0.5) is 0 Å². The van der Waals surface area contributed by atoms with Crippen LogP contribution in [0.1, 0.15) is 22.5 Å². The zero-order valence-corrected chi connectivity index (χ0v) is 10.9. The molecule has 0 saturated heterocycles. The molecule has 0 fully saturated rings. The number of pyridine rings is 1. The molecular weight excluding hydrogens is 250 g/mol. The molecule has 7 nitrogen and oxygen atoms in total. The molecule has 104 valence electrons. The van der Waals surface area contributed by atoms with Gasteiger partial charge in [0.1, 0.15) is 11.4 Å². The molecule has 0 bridgehead atoms. The fraction of sp³-hybridized carbons (Fsp3) is 0.417. The molecule has 0 aromatic carbocycles. The lowest BCUT2D eigenvalue weighted by molar-refractivity contribution is -0.136. The van der Waals surface area contributed by atoms with Gasteiger partial charge < -0.3 is 20.5 Å². The Morgan fingerprint density at radius 1 is 1.47 bits per heavy atom. The molecule has 1 heterocycles. The molecule has 1 aromatic heterocycles. The molecule has 0 unspecified atom stereocenters. The van der Waals surface area contributed by atoms with Crippen molar-refractivity contribution in [1.29, 1.82) is 0 Å². The summed E-state index contributed by atoms with van der Waals surface area (Å²) in [7, 11) is 3.03. The number of nitrogens with zero attached hydrogens (tertiary/aromatic N) is 1. The lowest BCUT2D eigenvalue weighted by atomic mass is 10.2. The van der Waals surface area contributed by atoms with Crippen LogP contribution in [-0.4, -0.2) is 42.7 Å². The number of ether oxygens (including phenoxy) is 1. The molecule has 7 heteroatoms. The minimum absolute atomic E-state index is 0.0477. The zero-order chi connectivity index (χ0) is 14.3. The number of aliphatic carboxylic acids is 1. The molecule has 0 radical (unpaired) electrons. The third-order valence-electron chi connectivity index (χ3n) is 2.45. The predicted octanol–water partition coefficient (Wildman–Crippen LogP) is 0.0141. The van der Waals surface area contributed by atoms with Gasteiger partial charge in [-0.1, -0.05) is 0 Å². The molecule has 0 saturated carbocycles. The zero-order valence-electron chi connectivity index (χ0n) is 10.9. The van der Waals surface area contributed by atoms with Gasteiger partial charge >= 0.3 is 5.97 Å². The van der Waals surface area contributed by atoms with Crippen LogP contribution in [0.25, 0.3) is 0 Å². The first-order valence-corrected chi connectivity index (χ1v) is 5.76. The summed E-state index contributed by atoms with van der Waals surface area (Å²) < 4.78 is 5.18. The summed E-state index contributed by atoms with van der Waals surface area (Å²) in [6, 6.07) is 1.55. The van der Waals surface area contributed by atoms with Crippen molar-refractivity contribution in [2.24, 2.45) is 0 Å². The lowest BCUT2D eigenvalue weighted by Gasteiger charge is -2.10. The van der Waals surface area contributed by atoms with Crippen LogP contribution < -0.4 is 15.4 Å². The maximum Gasteiger partial charge on any atom is 0.304 e. The normalized spacial score (nSPS) is 10.0. The standard InChI is InChI=1S/C12H17N3O4/c1-13-12(18)9-5-10(19-2)8(7-15-9)6-14-4-3-11(16)17/h5,7,14H,3-4,6H2,1-2H3,(H,13,18)(H,16,17). The van der Waals surface area contributed by atoms with E-state index in [4.69, 9.17) is 9.84 Å². The van der Waals surface area contributed by atoms with Crippen molar-refractivity contribution < 1.29 is 19.4 Å². The molecular formula is C12H17N3O4. The topological polar surface area (TPSA) is 101 Å². The number of methoxy groups -OCH3 is 1. The van der Waals surface area contributed by atoms with Gasteiger partial charge in [0.2, 0.25) is 0 Å². The Labute approximate surface area is 111 Å². The van der Waals surface area contributed by atoms with Crippen molar-refractivity contribution in [2.45, 2.75) is 13.0 Å². The number of carbonyl (C=O) groups excluding carboxylic acids is 1. The highest BCUT2D eigenvalue weighted by atomic mass is 16.5. The van der Waals surface area contributed by atoms with Gasteiger partial charge in [-0.25, -0.2) is 0 Å². The van der Waals surface area contributed by atoms with Crippen LogP contribution in [0.2, 0.25) is 0 Å². The molecule has 1 amide bonds. The van der Waals surface area contributed by atoms with Crippen molar-refractivity contribution in [3.05, 3.63) is 23.5 Å². The SMILES string of the molecule is CNC(=O)c1cc(OC)c(CNCCC(=O)O)cn1. The molecule has 0 aliphatic heterocycles. The molecule has 0 aliphatic rings. The van der Waals surface area contributed by atoms with Gasteiger partial charge in [-0.05, 0) is 0 Å². The maximum atomic E-state index is 11.4. The van der Waals surface area contributed by atoms with E-state index < -0.39 is 5.97 Å². The molecule has 0 atom stereocenters. The number of hydrogen-bond acceptors (Lipinski definition) is 5. The van der Waals surface area contributed by atoms with E-state index in [2.05, 4.69) is 15.6 Å². The van der Waals surface area contributed by atoms with Crippen molar-refractivity contribution >= 4 is 11.9 Å². The number of aromatic nitrogens is 1. The van der Waals surface area contributed by atoms with Gasteiger partial charge in [0.15, 0.2) is 0 Å². The number of carboxylic acids is 1. The van der Waals surface area contributed by atoms with Gasteiger partial charge in [-0.3, -0.25) is 14.6 Å². The number of carboxylic acid groups (broad SMARTS) is 1. The number of nitrogens with one attached hydrogen (secondary N) is 2. The van der Waals surface area contributed by atoms with E-state index in [9.17, 15) is 9.59 Å². The fourth-order valence-corrected chi connectivity index (χ4v) is 1.46. The summed E-state index contributed by atoms with van der Waals surface area (Å²) in [5.41, 5.74) is 1.04. The maximum absolute atomic E-state index is 11.4. The summed E-state index contributed by atoms with van der Waals surface area (Å²) >= 11 is 0. The highest BCUT2D eigenvalue weighted by molar-refractivity contribution is 5.92. The molecule has 0 aliphatic carbocycles. The molecule has 1 aromatic rings. The van der Waals surface area contributed by atoms with Gasteiger partial charge in [0.05, 0.1) is 13.5 Å². The molecule has 19 heavy (non-hydrogen) atoms. The van der Waals surface area contributed by atoms with Crippen molar-refractivity contribution in [3.8, 4) is 5.75 Å². The average molecular weight is 267 g/mol. The second kappa shape index (κ2) is 7.32. The minimum atomic E-state index is -0.854. The third kappa shape index (κ3) is 4.55. The summed E-state index contributed by atoms with van der Waals surface area (Å²) in [5, 5.41) is 14.0. The Bertz CT molecular complexity index is 462.